The highest BCUT2D eigenvalue weighted by Crippen LogP contribution is 2.33. The highest BCUT2D eigenvalue weighted by atomic mass is 16.6. The molecule has 2 aromatic carbocycles. The van der Waals surface area contributed by atoms with E-state index in [0.717, 1.165) is 0 Å². The van der Waals surface area contributed by atoms with Gasteiger partial charge in [-0.1, -0.05) is 60.7 Å². The third-order valence-electron chi connectivity index (χ3n) is 3.17. The molecule has 0 aliphatic rings. The fourth-order valence-corrected chi connectivity index (χ4v) is 2.23. The fraction of sp³-hybridized carbons (Fsp3) is 0.143. The lowest BCUT2D eigenvalue weighted by Crippen LogP contribution is -2.43. The van der Waals surface area contributed by atoms with Crippen LogP contribution in [-0.2, 0) is 5.54 Å². The monoisotopic (exact) mass is 272 g/mol. The van der Waals surface area contributed by atoms with Crippen LogP contribution in [0.5, 0.6) is 0 Å². The second-order valence-electron chi connectivity index (χ2n) is 4.34. The van der Waals surface area contributed by atoms with Crippen molar-refractivity contribution in [2.24, 2.45) is 0 Å². The van der Waals surface area contributed by atoms with Crippen molar-refractivity contribution in [3.63, 3.8) is 0 Å². The summed E-state index contributed by atoms with van der Waals surface area (Å²) in [5.74, 6) is 0. The van der Waals surface area contributed by atoms with Gasteiger partial charge in [0.25, 0.3) is 6.54 Å². The molecule has 6 nitrogen and oxygen atoms in total. The Bertz CT molecular complexity index is 574. The first-order valence-corrected chi connectivity index (χ1v) is 5.95. The van der Waals surface area contributed by atoms with E-state index >= 15 is 0 Å². The topological polar surface area (TPSA) is 86.3 Å². The summed E-state index contributed by atoms with van der Waals surface area (Å²) >= 11 is 0. The van der Waals surface area contributed by atoms with Crippen molar-refractivity contribution in [1.82, 2.24) is 0 Å². The van der Waals surface area contributed by atoms with Crippen LogP contribution in [0.15, 0.2) is 60.7 Å². The maximum Gasteiger partial charge on any atom is 0.334 e. The van der Waals surface area contributed by atoms with Crippen LogP contribution in [0.3, 0.4) is 0 Å². The maximum absolute atomic E-state index is 11.7. The van der Waals surface area contributed by atoms with Gasteiger partial charge in [-0.05, 0) is 0 Å². The molecule has 0 aliphatic carbocycles. The van der Waals surface area contributed by atoms with Crippen LogP contribution >= 0.6 is 0 Å². The Balaban J connectivity index is 2.69. The van der Waals surface area contributed by atoms with Crippen LogP contribution in [0.4, 0.5) is 0 Å². The van der Waals surface area contributed by atoms with Gasteiger partial charge in [-0.3, -0.25) is 20.2 Å². The largest absolute Gasteiger partial charge is 0.334 e. The van der Waals surface area contributed by atoms with Gasteiger partial charge in [0, 0.05) is 21.0 Å². The predicted molar refractivity (Wildman–Crippen MR) is 72.5 cm³/mol. The number of benzene rings is 2. The van der Waals surface area contributed by atoms with E-state index in [2.05, 4.69) is 0 Å². The van der Waals surface area contributed by atoms with Crippen molar-refractivity contribution < 1.29 is 9.85 Å². The summed E-state index contributed by atoms with van der Waals surface area (Å²) in [6.45, 7) is -0.798. The standard InChI is InChI=1S/C14H12N2O4/c17-15(18)11-14(16(19)20,12-7-3-1-4-8-12)13-9-5-2-6-10-13/h1-10H,11H2. The van der Waals surface area contributed by atoms with Gasteiger partial charge in [-0.2, -0.15) is 0 Å². The zero-order chi connectivity index (χ0) is 14.6. The summed E-state index contributed by atoms with van der Waals surface area (Å²) in [6.07, 6.45) is 0. The number of hydrogen-bond acceptors (Lipinski definition) is 4. The van der Waals surface area contributed by atoms with Gasteiger partial charge >= 0.3 is 5.54 Å². The summed E-state index contributed by atoms with van der Waals surface area (Å²) in [5.41, 5.74) is -1.27. The first-order valence-electron chi connectivity index (χ1n) is 5.95. The van der Waals surface area contributed by atoms with Crippen LogP contribution < -0.4 is 0 Å². The van der Waals surface area contributed by atoms with Crippen LogP contribution in [0.1, 0.15) is 11.1 Å². The number of nitrogens with zero attached hydrogens (tertiary/aromatic N) is 2. The Kier molecular flexibility index (Phi) is 3.74. The highest BCUT2D eigenvalue weighted by molar-refractivity contribution is 5.36. The predicted octanol–water partition coefficient (Wildman–Crippen LogP) is 2.48. The number of rotatable bonds is 5. The van der Waals surface area contributed by atoms with E-state index in [1.54, 1.807) is 60.7 Å². The molecule has 0 saturated carbocycles. The lowest BCUT2D eigenvalue weighted by Gasteiger charge is -2.22. The minimum Gasteiger partial charge on any atom is -0.264 e. The Morgan fingerprint density at radius 1 is 0.800 bits per heavy atom. The third kappa shape index (κ3) is 2.35. The molecule has 20 heavy (non-hydrogen) atoms. The second-order valence-corrected chi connectivity index (χ2v) is 4.34. The molecule has 0 spiro atoms. The molecule has 0 atom stereocenters. The molecular weight excluding hydrogens is 260 g/mol. The average Bonchev–Trinajstić information content (AvgIpc) is 2.46. The van der Waals surface area contributed by atoms with Gasteiger partial charge in [-0.25, -0.2) is 0 Å². The van der Waals surface area contributed by atoms with Crippen LogP contribution in [0, 0.1) is 20.2 Å². The summed E-state index contributed by atoms with van der Waals surface area (Å²) in [7, 11) is 0. The van der Waals surface area contributed by atoms with Gasteiger partial charge in [-0.15, -0.1) is 0 Å². The lowest BCUT2D eigenvalue weighted by atomic mass is 9.83. The Hall–Kier alpha value is -2.76. The molecule has 0 heterocycles. The lowest BCUT2D eigenvalue weighted by molar-refractivity contribution is -0.624. The van der Waals surface area contributed by atoms with Gasteiger partial charge in [0.2, 0.25) is 0 Å². The molecule has 2 aromatic rings. The van der Waals surface area contributed by atoms with E-state index in [9.17, 15) is 20.2 Å². The zero-order valence-corrected chi connectivity index (χ0v) is 10.5. The molecule has 102 valence electrons. The van der Waals surface area contributed by atoms with Crippen molar-refractivity contribution in [3.8, 4) is 0 Å². The van der Waals surface area contributed by atoms with Gasteiger partial charge < -0.3 is 0 Å². The number of hydrogen-bond donors (Lipinski definition) is 0. The minimum atomic E-state index is -1.87. The summed E-state index contributed by atoms with van der Waals surface area (Å²) in [5, 5.41) is 22.6. The van der Waals surface area contributed by atoms with E-state index in [-0.39, 0.29) is 0 Å². The average molecular weight is 272 g/mol. The molecule has 0 bridgehead atoms. The molecule has 0 amide bonds. The first kappa shape index (κ1) is 13.7. The Morgan fingerprint density at radius 3 is 1.50 bits per heavy atom. The smallest absolute Gasteiger partial charge is 0.264 e. The van der Waals surface area contributed by atoms with Crippen molar-refractivity contribution in [2.75, 3.05) is 6.54 Å². The summed E-state index contributed by atoms with van der Waals surface area (Å²) in [6, 6.07) is 16.1. The van der Waals surface area contributed by atoms with E-state index in [0.29, 0.717) is 11.1 Å². The zero-order valence-electron chi connectivity index (χ0n) is 10.5. The van der Waals surface area contributed by atoms with Gasteiger partial charge in [0.05, 0.1) is 0 Å². The van der Waals surface area contributed by atoms with Crippen molar-refractivity contribution in [3.05, 3.63) is 92.0 Å². The fourth-order valence-electron chi connectivity index (χ4n) is 2.23. The molecule has 0 aliphatic heterocycles. The van der Waals surface area contributed by atoms with E-state index in [1.807, 2.05) is 0 Å². The molecule has 0 radical (unpaired) electrons. The van der Waals surface area contributed by atoms with Gasteiger partial charge in [0.1, 0.15) is 0 Å². The maximum atomic E-state index is 11.7. The van der Waals surface area contributed by atoms with Gasteiger partial charge in [0.15, 0.2) is 0 Å². The SMILES string of the molecule is O=[N+]([O-])CC(c1ccccc1)(c1ccccc1)[N+](=O)[O-]. The Morgan fingerprint density at radius 2 is 1.20 bits per heavy atom. The third-order valence-corrected chi connectivity index (χ3v) is 3.17. The first-order chi connectivity index (χ1) is 9.57. The minimum absolute atomic E-state index is 0.299. The molecule has 0 saturated heterocycles. The molecule has 2 rings (SSSR count). The van der Waals surface area contributed by atoms with Crippen LogP contribution in [0.25, 0.3) is 0 Å². The normalized spacial score (nSPS) is 11.0. The van der Waals surface area contributed by atoms with Crippen LogP contribution in [-0.4, -0.2) is 16.4 Å². The molecule has 6 heteroatoms. The molecule has 0 N–H and O–H groups in total. The molecule has 0 aromatic heterocycles. The quantitative estimate of drug-likeness (QED) is 0.618. The molecular formula is C14H12N2O4. The van der Waals surface area contributed by atoms with E-state index in [4.69, 9.17) is 0 Å². The summed E-state index contributed by atoms with van der Waals surface area (Å²) in [4.78, 5) is 21.4. The van der Waals surface area contributed by atoms with Crippen molar-refractivity contribution >= 4 is 0 Å². The van der Waals surface area contributed by atoms with Crippen molar-refractivity contribution in [2.45, 2.75) is 5.54 Å². The van der Waals surface area contributed by atoms with Crippen LogP contribution in [0.2, 0.25) is 0 Å². The summed E-state index contributed by atoms with van der Waals surface area (Å²) < 4.78 is 0. The number of nitro groups is 2. The van der Waals surface area contributed by atoms with E-state index < -0.39 is 21.9 Å². The highest BCUT2D eigenvalue weighted by Gasteiger charge is 2.52. The van der Waals surface area contributed by atoms with Crippen molar-refractivity contribution in [1.29, 1.82) is 0 Å². The van der Waals surface area contributed by atoms with E-state index in [1.165, 1.54) is 0 Å². The molecule has 0 unspecified atom stereocenters. The molecule has 0 fully saturated rings. The second kappa shape index (κ2) is 5.48. The Labute approximate surface area is 115 Å².